The number of aliphatic hydroxyl groups is 1. The fraction of sp³-hybridized carbons (Fsp3) is 0.565. The standard InChI is InChI=1S/C23H33NO3.Cu/c1-8-10-19(24-27-9-2)23-20(25)11-18(12-21(23)26)22-16(6)14(4)13(3)15(5)17(22)7;/h18,25H,8-12H2,1-7H3;. The van der Waals surface area contributed by atoms with Crippen LogP contribution in [0.3, 0.4) is 0 Å². The molecular weight excluding hydrogens is 402 g/mol. The third-order valence-corrected chi connectivity index (χ3v) is 5.98. The van der Waals surface area contributed by atoms with Crippen LogP contribution in [0.5, 0.6) is 0 Å². The molecule has 159 valence electrons. The van der Waals surface area contributed by atoms with Gasteiger partial charge < -0.3 is 9.94 Å². The van der Waals surface area contributed by atoms with E-state index in [1.807, 2.05) is 13.8 Å². The van der Waals surface area contributed by atoms with E-state index in [0.29, 0.717) is 37.2 Å². The first-order valence-electron chi connectivity index (χ1n) is 9.95. The molecule has 28 heavy (non-hydrogen) atoms. The molecule has 1 aliphatic carbocycles. The first-order chi connectivity index (χ1) is 12.7. The van der Waals surface area contributed by atoms with Crippen LogP contribution in [0.25, 0.3) is 0 Å². The number of Topliss-reactive ketones (excluding diaryl/α,β-unsaturated/α-hetero) is 1. The van der Waals surface area contributed by atoms with Gasteiger partial charge in [0.15, 0.2) is 5.78 Å². The molecule has 1 aliphatic rings. The summed E-state index contributed by atoms with van der Waals surface area (Å²) in [6, 6.07) is 0. The number of aliphatic hydroxyl groups excluding tert-OH is 1. The Morgan fingerprint density at radius 3 is 2.00 bits per heavy atom. The van der Waals surface area contributed by atoms with Gasteiger partial charge in [-0.05, 0) is 87.3 Å². The first-order valence-corrected chi connectivity index (χ1v) is 9.95. The zero-order valence-corrected chi connectivity index (χ0v) is 19.1. The van der Waals surface area contributed by atoms with Crippen molar-refractivity contribution in [3.63, 3.8) is 0 Å². The van der Waals surface area contributed by atoms with Crippen LogP contribution >= 0.6 is 0 Å². The summed E-state index contributed by atoms with van der Waals surface area (Å²) in [6.45, 7) is 15.0. The molecule has 0 saturated carbocycles. The Balaban J connectivity index is 0.00000392. The molecule has 1 N–H and O–H groups in total. The molecule has 0 heterocycles. The summed E-state index contributed by atoms with van der Waals surface area (Å²) >= 11 is 0. The molecule has 5 heteroatoms. The van der Waals surface area contributed by atoms with Crippen LogP contribution in [0.4, 0.5) is 0 Å². The molecule has 2 rings (SSSR count). The molecular formula is C23H33CuNO3. The SMILES string of the molecule is CCCC(=NOCC)C1=C(O)CC(c2c(C)c(C)c(C)c(C)c2C)CC1=O.[Cu]. The van der Waals surface area contributed by atoms with Gasteiger partial charge in [-0.2, -0.15) is 0 Å². The summed E-state index contributed by atoms with van der Waals surface area (Å²) < 4.78 is 0. The molecule has 0 fully saturated rings. The summed E-state index contributed by atoms with van der Waals surface area (Å²) in [5.74, 6) is 0.123. The fourth-order valence-electron chi connectivity index (χ4n) is 4.16. The van der Waals surface area contributed by atoms with Gasteiger partial charge in [-0.1, -0.05) is 18.5 Å². The molecule has 1 radical (unpaired) electrons. The zero-order valence-electron chi connectivity index (χ0n) is 18.1. The van der Waals surface area contributed by atoms with Crippen molar-refractivity contribution in [3.8, 4) is 0 Å². The van der Waals surface area contributed by atoms with E-state index in [-0.39, 0.29) is 34.5 Å². The molecule has 0 bridgehead atoms. The Bertz CT molecular complexity index is 780. The van der Waals surface area contributed by atoms with E-state index in [0.717, 1.165) is 6.42 Å². The summed E-state index contributed by atoms with van der Waals surface area (Å²) in [4.78, 5) is 18.2. The number of nitrogens with zero attached hydrogens (tertiary/aromatic N) is 1. The molecule has 0 aliphatic heterocycles. The first kappa shape index (κ1) is 24.5. The smallest absolute Gasteiger partial charge is 0.168 e. The van der Waals surface area contributed by atoms with Gasteiger partial charge in [0.25, 0.3) is 0 Å². The average molecular weight is 435 g/mol. The maximum absolute atomic E-state index is 13.0. The summed E-state index contributed by atoms with van der Waals surface area (Å²) in [5.41, 5.74) is 8.50. The minimum absolute atomic E-state index is 0. The van der Waals surface area contributed by atoms with E-state index >= 15 is 0 Å². The van der Waals surface area contributed by atoms with Crippen LogP contribution in [-0.2, 0) is 26.7 Å². The van der Waals surface area contributed by atoms with Gasteiger partial charge in [0.05, 0.1) is 11.3 Å². The summed E-state index contributed by atoms with van der Waals surface area (Å²) in [6.07, 6.45) is 2.34. The Morgan fingerprint density at radius 2 is 1.54 bits per heavy atom. The zero-order chi connectivity index (χ0) is 20.3. The van der Waals surface area contributed by atoms with Gasteiger partial charge in [-0.15, -0.1) is 0 Å². The van der Waals surface area contributed by atoms with E-state index in [1.54, 1.807) is 0 Å². The fourth-order valence-corrected chi connectivity index (χ4v) is 4.16. The van der Waals surface area contributed by atoms with E-state index in [2.05, 4.69) is 39.8 Å². The quantitative estimate of drug-likeness (QED) is 0.356. The van der Waals surface area contributed by atoms with Crippen molar-refractivity contribution in [1.82, 2.24) is 0 Å². The van der Waals surface area contributed by atoms with Crippen LogP contribution in [0, 0.1) is 34.6 Å². The molecule has 1 aromatic carbocycles. The number of carbonyl (C=O) groups excluding carboxylic acids is 1. The number of hydrogen-bond acceptors (Lipinski definition) is 4. The predicted octanol–water partition coefficient (Wildman–Crippen LogP) is 5.68. The minimum Gasteiger partial charge on any atom is -0.511 e. The van der Waals surface area contributed by atoms with Crippen molar-refractivity contribution in [2.45, 2.75) is 80.1 Å². The Labute approximate surface area is 179 Å². The maximum atomic E-state index is 13.0. The van der Waals surface area contributed by atoms with Gasteiger partial charge in [0.2, 0.25) is 0 Å². The normalized spacial score (nSPS) is 17.6. The number of oxime groups is 1. The Hall–Kier alpha value is -1.58. The van der Waals surface area contributed by atoms with Crippen LogP contribution in [0.15, 0.2) is 16.5 Å². The second-order valence-corrected chi connectivity index (χ2v) is 7.59. The predicted molar refractivity (Wildman–Crippen MR) is 111 cm³/mol. The van der Waals surface area contributed by atoms with Crippen molar-refractivity contribution in [2.24, 2.45) is 5.16 Å². The van der Waals surface area contributed by atoms with Crippen LogP contribution in [0.1, 0.15) is 78.8 Å². The second-order valence-electron chi connectivity index (χ2n) is 7.59. The van der Waals surface area contributed by atoms with Crippen LogP contribution in [0.2, 0.25) is 0 Å². The summed E-state index contributed by atoms with van der Waals surface area (Å²) in [5, 5.41) is 14.9. The number of carbonyl (C=O) groups is 1. The van der Waals surface area contributed by atoms with Crippen molar-refractivity contribution in [3.05, 3.63) is 44.7 Å². The van der Waals surface area contributed by atoms with E-state index in [1.165, 1.54) is 33.4 Å². The number of hydrogen-bond donors (Lipinski definition) is 1. The van der Waals surface area contributed by atoms with Gasteiger partial charge in [0.1, 0.15) is 12.4 Å². The minimum atomic E-state index is -0.0367. The monoisotopic (exact) mass is 434 g/mol. The second kappa shape index (κ2) is 10.3. The molecule has 0 aromatic heterocycles. The van der Waals surface area contributed by atoms with Crippen molar-refractivity contribution < 1.29 is 31.8 Å². The topological polar surface area (TPSA) is 58.9 Å². The molecule has 1 atom stereocenters. The molecule has 1 aromatic rings. The number of ketones is 1. The third kappa shape index (κ3) is 4.69. The van der Waals surface area contributed by atoms with Gasteiger partial charge in [0, 0.05) is 29.9 Å². The van der Waals surface area contributed by atoms with Gasteiger partial charge in [-0.25, -0.2) is 0 Å². The number of rotatable bonds is 6. The Kier molecular flexibility index (Phi) is 8.97. The maximum Gasteiger partial charge on any atom is 0.168 e. The van der Waals surface area contributed by atoms with Gasteiger partial charge >= 0.3 is 0 Å². The van der Waals surface area contributed by atoms with Crippen molar-refractivity contribution in [2.75, 3.05) is 6.61 Å². The van der Waals surface area contributed by atoms with E-state index in [4.69, 9.17) is 4.84 Å². The van der Waals surface area contributed by atoms with Crippen molar-refractivity contribution >= 4 is 11.5 Å². The third-order valence-electron chi connectivity index (χ3n) is 5.98. The van der Waals surface area contributed by atoms with Crippen molar-refractivity contribution in [1.29, 1.82) is 0 Å². The molecule has 0 saturated heterocycles. The molecule has 0 spiro atoms. The number of allylic oxidation sites excluding steroid dienone is 2. The van der Waals surface area contributed by atoms with Crippen LogP contribution < -0.4 is 0 Å². The number of benzene rings is 1. The van der Waals surface area contributed by atoms with E-state index in [9.17, 15) is 9.90 Å². The molecule has 4 nitrogen and oxygen atoms in total. The molecule has 1 unspecified atom stereocenters. The van der Waals surface area contributed by atoms with Crippen LogP contribution in [-0.4, -0.2) is 23.2 Å². The largest absolute Gasteiger partial charge is 0.511 e. The van der Waals surface area contributed by atoms with E-state index < -0.39 is 0 Å². The summed E-state index contributed by atoms with van der Waals surface area (Å²) in [7, 11) is 0. The Morgan fingerprint density at radius 1 is 1.00 bits per heavy atom. The average Bonchev–Trinajstić information content (AvgIpc) is 2.62. The molecule has 0 amide bonds. The van der Waals surface area contributed by atoms with Gasteiger partial charge in [-0.3, -0.25) is 4.79 Å².